The molecule has 1 aliphatic rings. The monoisotopic (exact) mass is 228 g/mol. The van der Waals surface area contributed by atoms with E-state index in [0.717, 1.165) is 18.7 Å². The number of likely N-dealkylation sites (N-methyl/N-ethyl adjacent to an activating group) is 1. The maximum absolute atomic E-state index is 13.0. The standard InChI is InChI=1S/C11H14ClFN2/c1-15(10-5-14-6-10)7-8-4-9(13)2-3-11(8)12/h2-4,10,14H,5-7H2,1H3. The van der Waals surface area contributed by atoms with Crippen molar-refractivity contribution in [1.82, 2.24) is 10.2 Å². The largest absolute Gasteiger partial charge is 0.314 e. The third-order valence-electron chi connectivity index (χ3n) is 2.81. The van der Waals surface area contributed by atoms with Crippen LogP contribution in [0, 0.1) is 5.82 Å². The quantitative estimate of drug-likeness (QED) is 0.850. The molecule has 2 rings (SSSR count). The number of hydrogen-bond acceptors (Lipinski definition) is 2. The van der Waals surface area contributed by atoms with Gasteiger partial charge in [-0.1, -0.05) is 11.6 Å². The van der Waals surface area contributed by atoms with Gasteiger partial charge in [0.2, 0.25) is 0 Å². The molecule has 0 saturated carbocycles. The molecule has 0 atom stereocenters. The summed E-state index contributed by atoms with van der Waals surface area (Å²) >= 11 is 6.00. The van der Waals surface area contributed by atoms with Crippen molar-refractivity contribution in [2.45, 2.75) is 12.6 Å². The Bertz CT molecular complexity index is 352. The van der Waals surface area contributed by atoms with Gasteiger partial charge in [-0.2, -0.15) is 0 Å². The Morgan fingerprint density at radius 2 is 2.27 bits per heavy atom. The van der Waals surface area contributed by atoms with Crippen molar-refractivity contribution in [2.75, 3.05) is 20.1 Å². The summed E-state index contributed by atoms with van der Waals surface area (Å²) in [5.41, 5.74) is 0.853. The van der Waals surface area contributed by atoms with Gasteiger partial charge in [0.25, 0.3) is 0 Å². The highest BCUT2D eigenvalue weighted by Gasteiger charge is 2.21. The van der Waals surface area contributed by atoms with Gasteiger partial charge in [0, 0.05) is 30.7 Å². The Hall–Kier alpha value is -0.640. The van der Waals surface area contributed by atoms with E-state index < -0.39 is 0 Å². The van der Waals surface area contributed by atoms with Crippen molar-refractivity contribution in [1.29, 1.82) is 0 Å². The third-order valence-corrected chi connectivity index (χ3v) is 3.18. The summed E-state index contributed by atoms with van der Waals surface area (Å²) in [4.78, 5) is 2.19. The van der Waals surface area contributed by atoms with Crippen LogP contribution >= 0.6 is 11.6 Å². The molecule has 0 spiro atoms. The molecule has 1 N–H and O–H groups in total. The zero-order valence-corrected chi connectivity index (χ0v) is 9.39. The summed E-state index contributed by atoms with van der Waals surface area (Å²) < 4.78 is 13.0. The summed E-state index contributed by atoms with van der Waals surface area (Å²) in [5.74, 6) is -0.227. The molecule has 4 heteroatoms. The highest BCUT2D eigenvalue weighted by molar-refractivity contribution is 6.31. The molecule has 0 radical (unpaired) electrons. The molecule has 1 fully saturated rings. The number of nitrogens with zero attached hydrogens (tertiary/aromatic N) is 1. The maximum atomic E-state index is 13.0. The second-order valence-corrected chi connectivity index (χ2v) is 4.37. The molecule has 2 nitrogen and oxygen atoms in total. The van der Waals surface area contributed by atoms with E-state index in [1.54, 1.807) is 6.07 Å². The van der Waals surface area contributed by atoms with Gasteiger partial charge in [-0.25, -0.2) is 4.39 Å². The fourth-order valence-electron chi connectivity index (χ4n) is 1.65. The van der Waals surface area contributed by atoms with Crippen molar-refractivity contribution in [3.63, 3.8) is 0 Å². The molecule has 82 valence electrons. The Balaban J connectivity index is 2.05. The first-order valence-electron chi connectivity index (χ1n) is 5.01. The zero-order valence-electron chi connectivity index (χ0n) is 8.63. The molecular weight excluding hydrogens is 215 g/mol. The molecule has 1 aromatic carbocycles. The zero-order chi connectivity index (χ0) is 10.8. The number of benzene rings is 1. The minimum Gasteiger partial charge on any atom is -0.314 e. The van der Waals surface area contributed by atoms with Crippen molar-refractivity contribution < 1.29 is 4.39 Å². The van der Waals surface area contributed by atoms with Crippen LogP contribution in [0.2, 0.25) is 5.02 Å². The Morgan fingerprint density at radius 1 is 1.53 bits per heavy atom. The minimum absolute atomic E-state index is 0.227. The molecule has 0 unspecified atom stereocenters. The summed E-state index contributed by atoms with van der Waals surface area (Å²) in [6.45, 7) is 2.70. The van der Waals surface area contributed by atoms with Crippen LogP contribution in [0.1, 0.15) is 5.56 Å². The molecule has 1 heterocycles. The lowest BCUT2D eigenvalue weighted by molar-refractivity contribution is 0.173. The first kappa shape index (κ1) is 10.9. The normalized spacial score (nSPS) is 16.8. The van der Waals surface area contributed by atoms with Gasteiger partial charge in [0.05, 0.1) is 0 Å². The van der Waals surface area contributed by atoms with E-state index in [1.165, 1.54) is 12.1 Å². The third kappa shape index (κ3) is 2.48. The maximum Gasteiger partial charge on any atom is 0.123 e. The number of rotatable bonds is 3. The van der Waals surface area contributed by atoms with Gasteiger partial charge < -0.3 is 5.32 Å². The summed E-state index contributed by atoms with van der Waals surface area (Å²) in [6, 6.07) is 5.05. The average molecular weight is 229 g/mol. The second-order valence-electron chi connectivity index (χ2n) is 3.96. The van der Waals surface area contributed by atoms with Crippen LogP contribution in [0.25, 0.3) is 0 Å². The van der Waals surface area contributed by atoms with Crippen LogP contribution < -0.4 is 5.32 Å². The highest BCUT2D eigenvalue weighted by atomic mass is 35.5. The van der Waals surface area contributed by atoms with Crippen LogP contribution in [0.3, 0.4) is 0 Å². The molecule has 0 aliphatic carbocycles. The van der Waals surface area contributed by atoms with E-state index in [2.05, 4.69) is 10.2 Å². The minimum atomic E-state index is -0.227. The van der Waals surface area contributed by atoms with E-state index in [4.69, 9.17) is 11.6 Å². The topological polar surface area (TPSA) is 15.3 Å². The summed E-state index contributed by atoms with van der Waals surface area (Å²) in [6.07, 6.45) is 0. The molecule has 1 saturated heterocycles. The van der Waals surface area contributed by atoms with Gasteiger partial charge in [0.1, 0.15) is 5.82 Å². The Kier molecular flexibility index (Phi) is 3.24. The van der Waals surface area contributed by atoms with Crippen molar-refractivity contribution in [2.24, 2.45) is 0 Å². The van der Waals surface area contributed by atoms with Crippen LogP contribution in [0.5, 0.6) is 0 Å². The smallest absolute Gasteiger partial charge is 0.123 e. The van der Waals surface area contributed by atoms with Crippen molar-refractivity contribution in [3.05, 3.63) is 34.6 Å². The molecule has 15 heavy (non-hydrogen) atoms. The number of halogens is 2. The van der Waals surface area contributed by atoms with E-state index in [-0.39, 0.29) is 5.82 Å². The van der Waals surface area contributed by atoms with Gasteiger partial charge in [0.15, 0.2) is 0 Å². The van der Waals surface area contributed by atoms with Gasteiger partial charge in [-0.15, -0.1) is 0 Å². The Morgan fingerprint density at radius 3 is 2.87 bits per heavy atom. The van der Waals surface area contributed by atoms with E-state index in [0.29, 0.717) is 17.6 Å². The molecule has 0 amide bonds. The van der Waals surface area contributed by atoms with E-state index in [9.17, 15) is 4.39 Å². The lowest BCUT2D eigenvalue weighted by Crippen LogP contribution is -2.55. The molecular formula is C11H14ClFN2. The average Bonchev–Trinajstić information content (AvgIpc) is 2.08. The van der Waals surface area contributed by atoms with Crippen LogP contribution in [-0.2, 0) is 6.54 Å². The summed E-state index contributed by atoms with van der Waals surface area (Å²) in [5, 5.41) is 3.84. The van der Waals surface area contributed by atoms with Gasteiger partial charge in [-0.05, 0) is 30.8 Å². The van der Waals surface area contributed by atoms with E-state index >= 15 is 0 Å². The molecule has 1 aliphatic heterocycles. The lowest BCUT2D eigenvalue weighted by atomic mass is 10.1. The van der Waals surface area contributed by atoms with Crippen molar-refractivity contribution >= 4 is 11.6 Å². The fraction of sp³-hybridized carbons (Fsp3) is 0.455. The second kappa shape index (κ2) is 4.47. The number of hydrogen-bond donors (Lipinski definition) is 1. The van der Waals surface area contributed by atoms with Crippen molar-refractivity contribution in [3.8, 4) is 0 Å². The van der Waals surface area contributed by atoms with Gasteiger partial charge in [-0.3, -0.25) is 4.90 Å². The molecule has 0 aromatic heterocycles. The van der Waals surface area contributed by atoms with Crippen LogP contribution in [0.15, 0.2) is 18.2 Å². The Labute approximate surface area is 94.0 Å². The molecule has 1 aromatic rings. The van der Waals surface area contributed by atoms with Crippen LogP contribution in [-0.4, -0.2) is 31.1 Å². The van der Waals surface area contributed by atoms with Crippen LogP contribution in [0.4, 0.5) is 4.39 Å². The lowest BCUT2D eigenvalue weighted by Gasteiger charge is -2.35. The SMILES string of the molecule is CN(Cc1cc(F)ccc1Cl)C1CNC1. The van der Waals surface area contributed by atoms with E-state index in [1.807, 2.05) is 7.05 Å². The highest BCUT2D eigenvalue weighted by Crippen LogP contribution is 2.19. The first-order valence-corrected chi connectivity index (χ1v) is 5.39. The first-order chi connectivity index (χ1) is 7.16. The summed E-state index contributed by atoms with van der Waals surface area (Å²) in [7, 11) is 2.03. The fourth-order valence-corrected chi connectivity index (χ4v) is 1.82. The molecule has 0 bridgehead atoms. The number of nitrogens with one attached hydrogen (secondary N) is 1. The van der Waals surface area contributed by atoms with Gasteiger partial charge >= 0.3 is 0 Å². The predicted octanol–water partition coefficient (Wildman–Crippen LogP) is 1.88. The predicted molar refractivity (Wildman–Crippen MR) is 59.5 cm³/mol.